The zero-order chi connectivity index (χ0) is 17.8. The Morgan fingerprint density at radius 1 is 1.04 bits per heavy atom. The third-order valence-electron chi connectivity index (χ3n) is 9.22. The number of ketones is 1. The molecule has 25 heavy (non-hydrogen) atoms. The Morgan fingerprint density at radius 2 is 1.80 bits per heavy atom. The Hall–Kier alpha value is -0.860. The summed E-state index contributed by atoms with van der Waals surface area (Å²) >= 11 is 0. The van der Waals surface area contributed by atoms with Crippen molar-refractivity contribution in [2.75, 3.05) is 7.11 Å². The Bertz CT molecular complexity index is 585. The van der Waals surface area contributed by atoms with Gasteiger partial charge in [0.25, 0.3) is 0 Å². The first-order valence-corrected chi connectivity index (χ1v) is 10.5. The minimum atomic E-state index is 0.404. The standard InChI is InChI=1S/C22H35NO2/c1-14(23-25-4)18-7-8-19-17-6-5-15-13-16(24)9-11-21(15,2)20(17)10-12-22(18,19)3/h15,17-20H,5-13H2,1-4H3/b23-14+/t15-,17-,18+,19-,20-,21-,22+/m0/s1. The summed E-state index contributed by atoms with van der Waals surface area (Å²) in [4.78, 5) is 17.1. The van der Waals surface area contributed by atoms with Gasteiger partial charge in [-0.1, -0.05) is 19.0 Å². The number of Topliss-reactive ketones (excluding diaryl/α,β-unsaturated/α-hetero) is 1. The molecule has 3 heteroatoms. The number of hydrogen-bond donors (Lipinski definition) is 0. The summed E-state index contributed by atoms with van der Waals surface area (Å²) < 4.78 is 0. The second kappa shape index (κ2) is 6.09. The van der Waals surface area contributed by atoms with Gasteiger partial charge in [-0.05, 0) is 86.4 Å². The number of carbonyl (C=O) groups excluding carboxylic acids is 1. The maximum absolute atomic E-state index is 12.0. The average molecular weight is 346 g/mol. The van der Waals surface area contributed by atoms with Crippen molar-refractivity contribution >= 4 is 11.5 Å². The fourth-order valence-electron chi connectivity index (χ4n) is 7.94. The van der Waals surface area contributed by atoms with Crippen LogP contribution in [0, 0.1) is 40.4 Å². The van der Waals surface area contributed by atoms with Crippen molar-refractivity contribution in [3.63, 3.8) is 0 Å². The minimum absolute atomic E-state index is 0.404. The van der Waals surface area contributed by atoms with Crippen molar-refractivity contribution in [2.45, 2.75) is 78.6 Å². The van der Waals surface area contributed by atoms with Crippen LogP contribution in [-0.4, -0.2) is 18.6 Å². The molecular formula is C22H35NO2. The van der Waals surface area contributed by atoms with Crippen molar-refractivity contribution in [1.82, 2.24) is 0 Å². The van der Waals surface area contributed by atoms with Gasteiger partial charge < -0.3 is 4.84 Å². The van der Waals surface area contributed by atoms with Gasteiger partial charge in [0.2, 0.25) is 0 Å². The maximum Gasteiger partial charge on any atom is 0.133 e. The van der Waals surface area contributed by atoms with Crippen LogP contribution in [0.2, 0.25) is 0 Å². The summed E-state index contributed by atoms with van der Waals surface area (Å²) in [6, 6.07) is 0. The van der Waals surface area contributed by atoms with Crippen LogP contribution >= 0.6 is 0 Å². The molecule has 4 aliphatic rings. The van der Waals surface area contributed by atoms with E-state index in [4.69, 9.17) is 4.84 Å². The summed E-state index contributed by atoms with van der Waals surface area (Å²) in [5.41, 5.74) is 2.03. The first kappa shape index (κ1) is 17.5. The van der Waals surface area contributed by atoms with Crippen molar-refractivity contribution in [1.29, 1.82) is 0 Å². The van der Waals surface area contributed by atoms with E-state index in [1.54, 1.807) is 7.11 Å². The van der Waals surface area contributed by atoms with E-state index in [2.05, 4.69) is 25.9 Å². The SMILES string of the molecule is CO/N=C(\C)[C@H]1CC[C@H]2[C@@H]3CC[C@H]4CC(=O)CC[C@]4(C)[C@H]3CC[C@]12C. The first-order chi connectivity index (χ1) is 11.9. The summed E-state index contributed by atoms with van der Waals surface area (Å²) in [5.74, 6) is 4.33. The summed E-state index contributed by atoms with van der Waals surface area (Å²) in [7, 11) is 1.67. The maximum atomic E-state index is 12.0. The Kier molecular flexibility index (Phi) is 4.28. The quantitative estimate of drug-likeness (QED) is 0.507. The van der Waals surface area contributed by atoms with E-state index < -0.39 is 0 Å². The normalized spacial score (nSPS) is 50.0. The highest BCUT2D eigenvalue weighted by Crippen LogP contribution is 2.67. The molecule has 0 aromatic heterocycles. The molecule has 0 aromatic carbocycles. The molecule has 4 aliphatic carbocycles. The van der Waals surface area contributed by atoms with E-state index in [1.165, 1.54) is 44.2 Å². The molecule has 4 saturated carbocycles. The number of oxime groups is 1. The van der Waals surface area contributed by atoms with Gasteiger partial charge in [0.1, 0.15) is 12.9 Å². The zero-order valence-electron chi connectivity index (χ0n) is 16.5. The molecule has 4 rings (SSSR count). The minimum Gasteiger partial charge on any atom is -0.399 e. The summed E-state index contributed by atoms with van der Waals surface area (Å²) in [6.45, 7) is 7.24. The first-order valence-electron chi connectivity index (χ1n) is 10.5. The number of rotatable bonds is 2. The third-order valence-corrected chi connectivity index (χ3v) is 9.22. The van der Waals surface area contributed by atoms with Crippen molar-refractivity contribution in [3.8, 4) is 0 Å². The summed E-state index contributed by atoms with van der Waals surface area (Å²) in [6.07, 6.45) is 10.8. The van der Waals surface area contributed by atoms with Gasteiger partial charge in [-0.25, -0.2) is 0 Å². The third kappa shape index (κ3) is 2.51. The number of hydrogen-bond acceptors (Lipinski definition) is 3. The van der Waals surface area contributed by atoms with Crippen LogP contribution in [0.5, 0.6) is 0 Å². The number of nitrogens with zero attached hydrogens (tertiary/aromatic N) is 1. The van der Waals surface area contributed by atoms with Crippen molar-refractivity contribution < 1.29 is 9.63 Å². The molecule has 0 N–H and O–H groups in total. The van der Waals surface area contributed by atoms with Crippen molar-refractivity contribution in [3.05, 3.63) is 0 Å². The van der Waals surface area contributed by atoms with Gasteiger partial charge in [0.05, 0.1) is 5.71 Å². The molecule has 7 atom stereocenters. The molecule has 0 unspecified atom stereocenters. The largest absolute Gasteiger partial charge is 0.399 e. The fraction of sp³-hybridized carbons (Fsp3) is 0.909. The second-order valence-corrected chi connectivity index (χ2v) is 9.99. The van der Waals surface area contributed by atoms with Crippen LogP contribution in [0.3, 0.4) is 0 Å². The molecule has 0 amide bonds. The van der Waals surface area contributed by atoms with E-state index in [1.807, 2.05) is 0 Å². The van der Waals surface area contributed by atoms with E-state index in [9.17, 15) is 4.79 Å². The molecule has 0 aromatic rings. The fourth-order valence-corrected chi connectivity index (χ4v) is 7.94. The number of carbonyl (C=O) groups is 1. The molecule has 0 radical (unpaired) electrons. The lowest BCUT2D eigenvalue weighted by atomic mass is 9.44. The molecule has 4 fully saturated rings. The van der Waals surface area contributed by atoms with Crippen LogP contribution < -0.4 is 0 Å². The zero-order valence-corrected chi connectivity index (χ0v) is 16.5. The Balaban J connectivity index is 1.60. The van der Waals surface area contributed by atoms with Crippen LogP contribution in [-0.2, 0) is 9.63 Å². The number of fused-ring (bicyclic) bond motifs is 5. The van der Waals surface area contributed by atoms with Gasteiger partial charge in [0.15, 0.2) is 0 Å². The molecule has 0 aliphatic heterocycles. The monoisotopic (exact) mass is 345 g/mol. The van der Waals surface area contributed by atoms with Gasteiger partial charge in [-0.2, -0.15) is 0 Å². The molecule has 3 nitrogen and oxygen atoms in total. The predicted molar refractivity (Wildman–Crippen MR) is 100 cm³/mol. The predicted octanol–water partition coefficient (Wildman–Crippen LogP) is 5.24. The van der Waals surface area contributed by atoms with E-state index >= 15 is 0 Å². The van der Waals surface area contributed by atoms with E-state index in [0.717, 1.165) is 37.0 Å². The molecule has 0 saturated heterocycles. The molecule has 0 spiro atoms. The van der Waals surface area contributed by atoms with Crippen LogP contribution in [0.1, 0.15) is 78.6 Å². The van der Waals surface area contributed by atoms with Gasteiger partial charge >= 0.3 is 0 Å². The van der Waals surface area contributed by atoms with E-state index in [0.29, 0.717) is 28.4 Å². The molecule has 0 bridgehead atoms. The lowest BCUT2D eigenvalue weighted by Crippen LogP contribution is -2.53. The molecular weight excluding hydrogens is 310 g/mol. The highest BCUT2D eigenvalue weighted by Gasteiger charge is 2.60. The van der Waals surface area contributed by atoms with Crippen molar-refractivity contribution in [2.24, 2.45) is 45.6 Å². The molecule has 0 heterocycles. The highest BCUT2D eigenvalue weighted by atomic mass is 16.6. The van der Waals surface area contributed by atoms with Crippen LogP contribution in [0.4, 0.5) is 0 Å². The lowest BCUT2D eigenvalue weighted by molar-refractivity contribution is -0.138. The second-order valence-electron chi connectivity index (χ2n) is 9.99. The smallest absolute Gasteiger partial charge is 0.133 e. The van der Waals surface area contributed by atoms with Crippen LogP contribution in [0.25, 0.3) is 0 Å². The van der Waals surface area contributed by atoms with Gasteiger partial charge in [-0.3, -0.25) is 4.79 Å². The Morgan fingerprint density at radius 3 is 2.56 bits per heavy atom. The molecule has 140 valence electrons. The topological polar surface area (TPSA) is 38.7 Å². The highest BCUT2D eigenvalue weighted by molar-refractivity contribution is 5.85. The van der Waals surface area contributed by atoms with Gasteiger partial charge in [0, 0.05) is 18.8 Å². The lowest BCUT2D eigenvalue weighted by Gasteiger charge is -2.60. The Labute approximate surface area is 153 Å². The summed E-state index contributed by atoms with van der Waals surface area (Å²) in [5, 5.41) is 4.31. The average Bonchev–Trinajstić information content (AvgIpc) is 2.93. The van der Waals surface area contributed by atoms with Gasteiger partial charge in [-0.15, -0.1) is 0 Å². The van der Waals surface area contributed by atoms with Crippen LogP contribution in [0.15, 0.2) is 5.16 Å². The van der Waals surface area contributed by atoms with E-state index in [-0.39, 0.29) is 0 Å².